The summed E-state index contributed by atoms with van der Waals surface area (Å²) in [5.74, 6) is -0.513. The van der Waals surface area contributed by atoms with Gasteiger partial charge >= 0.3 is 0 Å². The van der Waals surface area contributed by atoms with E-state index in [0.717, 1.165) is 22.4 Å². The van der Waals surface area contributed by atoms with E-state index in [-0.39, 0.29) is 11.7 Å². The maximum Gasteiger partial charge on any atom is 0.266 e. The summed E-state index contributed by atoms with van der Waals surface area (Å²) in [7, 11) is 0. The van der Waals surface area contributed by atoms with Crippen LogP contribution < -0.4 is 0 Å². The van der Waals surface area contributed by atoms with Gasteiger partial charge in [0, 0.05) is 22.3 Å². The number of carbonyl (C=O) groups excluding carboxylic acids is 1. The van der Waals surface area contributed by atoms with Crippen molar-refractivity contribution in [1.82, 2.24) is 14.7 Å². The molecule has 1 aliphatic rings. The van der Waals surface area contributed by atoms with Gasteiger partial charge in [-0.2, -0.15) is 5.10 Å². The molecule has 8 heteroatoms. The van der Waals surface area contributed by atoms with E-state index in [1.807, 2.05) is 54.7 Å². The number of benzene rings is 3. The molecule has 5 rings (SSSR count). The first-order valence-corrected chi connectivity index (χ1v) is 12.0. The molecule has 0 aliphatic carbocycles. The Kier molecular flexibility index (Phi) is 6.32. The molecule has 4 aromatic rings. The average molecular weight is 506 g/mol. The molecule has 168 valence electrons. The predicted molar refractivity (Wildman–Crippen MR) is 139 cm³/mol. The van der Waals surface area contributed by atoms with E-state index < -0.39 is 0 Å². The van der Waals surface area contributed by atoms with Crippen molar-refractivity contribution < 1.29 is 9.18 Å². The number of rotatable bonds is 5. The predicted octanol–water partition coefficient (Wildman–Crippen LogP) is 6.73. The Morgan fingerprint density at radius 2 is 1.71 bits per heavy atom. The third-order valence-electron chi connectivity index (χ3n) is 5.33. The monoisotopic (exact) mass is 505 g/mol. The molecule has 0 radical (unpaired) electrons. The molecule has 1 amide bonds. The van der Waals surface area contributed by atoms with E-state index in [1.165, 1.54) is 23.9 Å². The Morgan fingerprint density at radius 3 is 2.44 bits per heavy atom. The molecular formula is C26H17ClFN3OS2. The van der Waals surface area contributed by atoms with Crippen LogP contribution in [-0.4, -0.2) is 24.9 Å². The van der Waals surface area contributed by atoms with Gasteiger partial charge in [-0.15, -0.1) is 0 Å². The lowest BCUT2D eigenvalue weighted by Gasteiger charge is -2.15. The summed E-state index contributed by atoms with van der Waals surface area (Å²) in [5, 5.41) is 5.32. The van der Waals surface area contributed by atoms with Crippen molar-refractivity contribution in [2.45, 2.75) is 6.54 Å². The molecule has 1 fully saturated rings. The molecule has 0 atom stereocenters. The SMILES string of the molecule is O=C1/C(=C/c2cn(-c3ccccc3)nc2-c2ccc(F)cc2)SC(=S)N1Cc1ccccc1Cl. The van der Waals surface area contributed by atoms with Gasteiger partial charge in [0.1, 0.15) is 10.1 Å². The average Bonchev–Trinajstić information content (AvgIpc) is 3.38. The number of thiocarbonyl (C=S) groups is 1. The maximum absolute atomic E-state index is 13.5. The van der Waals surface area contributed by atoms with Gasteiger partial charge in [0.2, 0.25) is 0 Å². The van der Waals surface area contributed by atoms with E-state index in [0.29, 0.717) is 26.5 Å². The van der Waals surface area contributed by atoms with Crippen LogP contribution in [0.1, 0.15) is 11.1 Å². The lowest BCUT2D eigenvalue weighted by atomic mass is 10.1. The summed E-state index contributed by atoms with van der Waals surface area (Å²) in [6.45, 7) is 0.301. The Hall–Kier alpha value is -3.26. The summed E-state index contributed by atoms with van der Waals surface area (Å²) >= 11 is 13.0. The Bertz CT molecular complexity index is 1420. The topological polar surface area (TPSA) is 38.1 Å². The number of carbonyl (C=O) groups is 1. The molecule has 1 saturated heterocycles. The molecule has 0 saturated carbocycles. The van der Waals surface area contributed by atoms with Gasteiger partial charge in [-0.25, -0.2) is 9.07 Å². The number of aromatic nitrogens is 2. The van der Waals surface area contributed by atoms with E-state index in [4.69, 9.17) is 28.9 Å². The number of hydrogen-bond acceptors (Lipinski definition) is 4. The van der Waals surface area contributed by atoms with Crippen molar-refractivity contribution in [3.05, 3.63) is 112 Å². The van der Waals surface area contributed by atoms with E-state index >= 15 is 0 Å². The molecule has 2 heterocycles. The molecular weight excluding hydrogens is 489 g/mol. The van der Waals surface area contributed by atoms with Gasteiger partial charge in [0.05, 0.1) is 22.8 Å². The van der Waals surface area contributed by atoms with Crippen LogP contribution in [0.4, 0.5) is 4.39 Å². The number of nitrogens with zero attached hydrogens (tertiary/aromatic N) is 3. The first-order valence-electron chi connectivity index (χ1n) is 10.4. The highest BCUT2D eigenvalue weighted by molar-refractivity contribution is 8.26. The van der Waals surface area contributed by atoms with Crippen molar-refractivity contribution in [3.8, 4) is 16.9 Å². The van der Waals surface area contributed by atoms with Gasteiger partial charge in [0.25, 0.3) is 5.91 Å². The van der Waals surface area contributed by atoms with Gasteiger partial charge in [-0.3, -0.25) is 9.69 Å². The first-order chi connectivity index (χ1) is 16.5. The summed E-state index contributed by atoms with van der Waals surface area (Å²) in [4.78, 5) is 15.3. The standard InChI is InChI=1S/C26H17ClFN3OS2/c27-22-9-5-4-6-18(22)15-30-25(32)23(34-26(30)33)14-19-16-31(21-7-2-1-3-8-21)29-24(19)17-10-12-20(28)13-11-17/h1-14,16H,15H2/b23-14-. The lowest BCUT2D eigenvalue weighted by molar-refractivity contribution is -0.122. The van der Waals surface area contributed by atoms with Crippen molar-refractivity contribution in [3.63, 3.8) is 0 Å². The van der Waals surface area contributed by atoms with Gasteiger partial charge in [-0.1, -0.05) is 72.0 Å². The highest BCUT2D eigenvalue weighted by Gasteiger charge is 2.32. The van der Waals surface area contributed by atoms with Gasteiger partial charge < -0.3 is 0 Å². The Balaban J connectivity index is 1.52. The maximum atomic E-state index is 13.5. The first kappa shape index (κ1) is 22.5. The number of hydrogen-bond donors (Lipinski definition) is 0. The van der Waals surface area contributed by atoms with E-state index in [1.54, 1.807) is 33.9 Å². The minimum absolute atomic E-state index is 0.188. The van der Waals surface area contributed by atoms with Crippen LogP contribution in [0.25, 0.3) is 23.0 Å². The van der Waals surface area contributed by atoms with Gasteiger partial charge in [-0.05, 0) is 54.1 Å². The Morgan fingerprint density at radius 1 is 1.00 bits per heavy atom. The van der Waals surface area contributed by atoms with Crippen molar-refractivity contribution >= 4 is 51.9 Å². The highest BCUT2D eigenvalue weighted by Crippen LogP contribution is 2.36. The summed E-state index contributed by atoms with van der Waals surface area (Å²) < 4.78 is 15.7. The van der Waals surface area contributed by atoms with Crippen LogP contribution >= 0.6 is 35.6 Å². The molecule has 34 heavy (non-hydrogen) atoms. The largest absolute Gasteiger partial charge is 0.288 e. The minimum Gasteiger partial charge on any atom is -0.288 e. The zero-order valence-electron chi connectivity index (χ0n) is 17.7. The number of para-hydroxylation sites is 1. The molecule has 1 aromatic heterocycles. The van der Waals surface area contributed by atoms with Gasteiger partial charge in [0.15, 0.2) is 0 Å². The quantitative estimate of drug-likeness (QED) is 0.222. The van der Waals surface area contributed by atoms with Crippen LogP contribution in [0.15, 0.2) is 90.0 Å². The smallest absolute Gasteiger partial charge is 0.266 e. The van der Waals surface area contributed by atoms with Crippen LogP contribution in [0.5, 0.6) is 0 Å². The minimum atomic E-state index is -0.326. The van der Waals surface area contributed by atoms with Crippen molar-refractivity contribution in [2.24, 2.45) is 0 Å². The fourth-order valence-corrected chi connectivity index (χ4v) is 5.05. The van der Waals surface area contributed by atoms with E-state index in [9.17, 15) is 9.18 Å². The third-order valence-corrected chi connectivity index (χ3v) is 7.07. The normalized spacial score (nSPS) is 14.9. The van der Waals surface area contributed by atoms with E-state index in [2.05, 4.69) is 0 Å². The molecule has 0 unspecified atom stereocenters. The zero-order chi connectivity index (χ0) is 23.7. The second-order valence-electron chi connectivity index (χ2n) is 7.58. The van der Waals surface area contributed by atoms with Crippen LogP contribution in [0.2, 0.25) is 5.02 Å². The molecule has 1 aliphatic heterocycles. The fourth-order valence-electron chi connectivity index (χ4n) is 3.61. The zero-order valence-corrected chi connectivity index (χ0v) is 20.1. The molecule has 0 bridgehead atoms. The molecule has 3 aromatic carbocycles. The van der Waals surface area contributed by atoms with Crippen LogP contribution in [0, 0.1) is 5.82 Å². The summed E-state index contributed by atoms with van der Waals surface area (Å²) in [6, 6.07) is 23.2. The third kappa shape index (κ3) is 4.55. The summed E-state index contributed by atoms with van der Waals surface area (Å²) in [6.07, 6.45) is 3.64. The summed E-state index contributed by atoms with van der Waals surface area (Å²) in [5.41, 5.74) is 3.81. The number of halogens is 2. The highest BCUT2D eigenvalue weighted by atomic mass is 35.5. The second-order valence-corrected chi connectivity index (χ2v) is 9.66. The second kappa shape index (κ2) is 9.54. The molecule has 0 spiro atoms. The fraction of sp³-hybridized carbons (Fsp3) is 0.0385. The number of amides is 1. The van der Waals surface area contributed by atoms with Crippen LogP contribution in [0.3, 0.4) is 0 Å². The van der Waals surface area contributed by atoms with Crippen LogP contribution in [-0.2, 0) is 11.3 Å². The molecule has 0 N–H and O–H groups in total. The Labute approximate surface area is 210 Å². The number of thioether (sulfide) groups is 1. The van der Waals surface area contributed by atoms with Crippen molar-refractivity contribution in [1.29, 1.82) is 0 Å². The molecule has 4 nitrogen and oxygen atoms in total. The van der Waals surface area contributed by atoms with Crippen molar-refractivity contribution in [2.75, 3.05) is 0 Å². The lowest BCUT2D eigenvalue weighted by Crippen LogP contribution is -2.27.